The molecule has 1 aromatic heterocycles. The molecule has 0 aliphatic heterocycles. The van der Waals surface area contributed by atoms with Crippen molar-refractivity contribution in [3.05, 3.63) is 71.5 Å². The molecule has 7 nitrogen and oxygen atoms in total. The average molecular weight is 486 g/mol. The average Bonchev–Trinajstić information content (AvgIpc) is 2.80. The van der Waals surface area contributed by atoms with Crippen molar-refractivity contribution in [3.8, 4) is 16.9 Å². The Bertz CT molecular complexity index is 1200. The third kappa shape index (κ3) is 6.79. The van der Waals surface area contributed by atoms with Gasteiger partial charge in [0, 0.05) is 40.7 Å². The predicted molar refractivity (Wildman–Crippen MR) is 137 cm³/mol. The van der Waals surface area contributed by atoms with E-state index in [4.69, 9.17) is 0 Å². The number of aliphatic hydroxyl groups excluding tert-OH is 1. The van der Waals surface area contributed by atoms with Crippen LogP contribution in [0.1, 0.15) is 51.4 Å². The fourth-order valence-electron chi connectivity index (χ4n) is 3.37. The van der Waals surface area contributed by atoms with Gasteiger partial charge in [-0.2, -0.15) is 0 Å². The quantitative estimate of drug-likeness (QED) is 0.376. The zero-order valence-electron chi connectivity index (χ0n) is 20.7. The maximum absolute atomic E-state index is 12.9. The number of nitrogens with zero attached hydrogens (tertiary/aromatic N) is 1. The number of rotatable bonds is 7. The number of aliphatic hydroxyl groups is 1. The van der Waals surface area contributed by atoms with E-state index in [1.807, 2.05) is 44.2 Å². The minimum absolute atomic E-state index is 0.0613. The number of hydrogen-bond donors (Lipinski definition) is 4. The van der Waals surface area contributed by atoms with Gasteiger partial charge in [0.15, 0.2) is 0 Å². The lowest BCUT2D eigenvalue weighted by Crippen LogP contribution is -2.40. The summed E-state index contributed by atoms with van der Waals surface area (Å²) in [4.78, 5) is 4.29. The highest BCUT2D eigenvalue weighted by Crippen LogP contribution is 2.30. The Kier molecular flexibility index (Phi) is 9.21. The molecule has 0 saturated carbocycles. The second kappa shape index (κ2) is 11.5. The van der Waals surface area contributed by atoms with Crippen LogP contribution in [0.4, 0.5) is 5.69 Å². The molecule has 2 aromatic carbocycles. The minimum Gasteiger partial charge on any atom is -0.506 e. The normalized spacial score (nSPS) is 11.5. The molecular weight excluding hydrogens is 450 g/mol. The van der Waals surface area contributed by atoms with E-state index in [0.29, 0.717) is 28.9 Å². The smallest absolute Gasteiger partial charge is 0.241 e. The SMILES string of the molecule is CC.Cc1ncc(CO)c(CNc2ccc(-c3ccccc3S(=O)(=O)NC(C)(C)C)cc2)c1O. The molecule has 0 fully saturated rings. The molecule has 0 spiro atoms. The van der Waals surface area contributed by atoms with Gasteiger partial charge in [0.05, 0.1) is 17.2 Å². The van der Waals surface area contributed by atoms with E-state index in [1.165, 1.54) is 0 Å². The van der Waals surface area contributed by atoms with Gasteiger partial charge in [-0.05, 0) is 51.5 Å². The molecule has 4 N–H and O–H groups in total. The Labute approximate surface area is 203 Å². The van der Waals surface area contributed by atoms with E-state index in [0.717, 1.165) is 11.3 Å². The van der Waals surface area contributed by atoms with Crippen LogP contribution in [0.3, 0.4) is 0 Å². The zero-order valence-corrected chi connectivity index (χ0v) is 21.5. The molecule has 34 heavy (non-hydrogen) atoms. The first-order valence-electron chi connectivity index (χ1n) is 11.3. The first kappa shape index (κ1) is 27.3. The molecular formula is C26H35N3O4S. The third-order valence-corrected chi connectivity index (χ3v) is 6.70. The highest BCUT2D eigenvalue weighted by atomic mass is 32.2. The van der Waals surface area contributed by atoms with Gasteiger partial charge in [-0.1, -0.05) is 44.2 Å². The Morgan fingerprint density at radius 2 is 1.62 bits per heavy atom. The Balaban J connectivity index is 0.00000199. The van der Waals surface area contributed by atoms with Gasteiger partial charge in [-0.3, -0.25) is 4.98 Å². The second-order valence-electron chi connectivity index (χ2n) is 8.64. The Morgan fingerprint density at radius 3 is 2.21 bits per heavy atom. The number of pyridine rings is 1. The van der Waals surface area contributed by atoms with Crippen LogP contribution >= 0.6 is 0 Å². The second-order valence-corrected chi connectivity index (χ2v) is 10.3. The molecule has 0 saturated heterocycles. The van der Waals surface area contributed by atoms with Crippen molar-refractivity contribution in [3.63, 3.8) is 0 Å². The number of hydrogen-bond acceptors (Lipinski definition) is 6. The summed E-state index contributed by atoms with van der Waals surface area (Å²) in [5.41, 5.74) is 3.22. The number of anilines is 1. The molecule has 3 aromatic rings. The molecule has 8 heteroatoms. The largest absolute Gasteiger partial charge is 0.506 e. The number of nitrogens with one attached hydrogen (secondary N) is 2. The van der Waals surface area contributed by atoms with Crippen LogP contribution in [0.2, 0.25) is 0 Å². The minimum atomic E-state index is -3.69. The summed E-state index contributed by atoms with van der Waals surface area (Å²) in [6.07, 6.45) is 1.55. The van der Waals surface area contributed by atoms with Crippen molar-refractivity contribution in [2.75, 3.05) is 5.32 Å². The number of aromatic nitrogens is 1. The van der Waals surface area contributed by atoms with Gasteiger partial charge in [-0.15, -0.1) is 0 Å². The van der Waals surface area contributed by atoms with Crippen LogP contribution in [-0.4, -0.2) is 29.2 Å². The van der Waals surface area contributed by atoms with E-state index < -0.39 is 15.6 Å². The topological polar surface area (TPSA) is 112 Å². The van der Waals surface area contributed by atoms with Crippen molar-refractivity contribution >= 4 is 15.7 Å². The summed E-state index contributed by atoms with van der Waals surface area (Å²) in [5.74, 6) is 0.0613. The summed E-state index contributed by atoms with van der Waals surface area (Å²) in [5, 5.41) is 23.0. The summed E-state index contributed by atoms with van der Waals surface area (Å²) in [6, 6.07) is 14.3. The molecule has 0 aliphatic carbocycles. The van der Waals surface area contributed by atoms with E-state index in [-0.39, 0.29) is 17.3 Å². The van der Waals surface area contributed by atoms with E-state index in [2.05, 4.69) is 15.0 Å². The highest BCUT2D eigenvalue weighted by molar-refractivity contribution is 7.89. The predicted octanol–water partition coefficient (Wildman–Crippen LogP) is 4.97. The van der Waals surface area contributed by atoms with Crippen LogP contribution < -0.4 is 10.0 Å². The molecule has 184 valence electrons. The lowest BCUT2D eigenvalue weighted by atomic mass is 10.0. The summed E-state index contributed by atoms with van der Waals surface area (Å²) >= 11 is 0. The van der Waals surface area contributed by atoms with Gasteiger partial charge in [0.25, 0.3) is 0 Å². The number of sulfonamides is 1. The Morgan fingerprint density at radius 1 is 1.00 bits per heavy atom. The molecule has 0 aliphatic rings. The van der Waals surface area contributed by atoms with Crippen molar-refractivity contribution in [2.24, 2.45) is 0 Å². The van der Waals surface area contributed by atoms with E-state index in [9.17, 15) is 18.6 Å². The first-order valence-corrected chi connectivity index (χ1v) is 12.7. The number of aryl methyl sites for hydroxylation is 1. The van der Waals surface area contributed by atoms with Crippen LogP contribution in [-0.2, 0) is 23.2 Å². The summed E-state index contributed by atoms with van der Waals surface area (Å²) < 4.78 is 28.5. The Hall–Kier alpha value is -2.94. The van der Waals surface area contributed by atoms with Gasteiger partial charge >= 0.3 is 0 Å². The van der Waals surface area contributed by atoms with Crippen molar-refractivity contribution in [1.29, 1.82) is 0 Å². The standard InChI is InChI=1S/C24H29N3O4S.C2H6/c1-16-23(29)21(18(15-28)13-25-16)14-26-19-11-9-17(10-12-19)20-7-5-6-8-22(20)32(30,31)27-24(2,3)4;1-2/h5-13,26-29H,14-15H2,1-4H3;1-2H3. The van der Waals surface area contributed by atoms with Crippen molar-refractivity contribution in [2.45, 2.75) is 65.1 Å². The van der Waals surface area contributed by atoms with E-state index in [1.54, 1.807) is 52.1 Å². The molecule has 0 unspecified atom stereocenters. The van der Waals surface area contributed by atoms with Crippen molar-refractivity contribution in [1.82, 2.24) is 9.71 Å². The van der Waals surface area contributed by atoms with Crippen LogP contribution in [0.25, 0.3) is 11.1 Å². The van der Waals surface area contributed by atoms with Gasteiger partial charge in [-0.25, -0.2) is 13.1 Å². The molecule has 1 heterocycles. The molecule has 0 bridgehead atoms. The lowest BCUT2D eigenvalue weighted by molar-refractivity contribution is 0.279. The maximum atomic E-state index is 12.9. The molecule has 3 rings (SSSR count). The van der Waals surface area contributed by atoms with Crippen LogP contribution in [0, 0.1) is 6.92 Å². The summed E-state index contributed by atoms with van der Waals surface area (Å²) in [7, 11) is -3.69. The maximum Gasteiger partial charge on any atom is 0.241 e. The van der Waals surface area contributed by atoms with Crippen LogP contribution in [0.15, 0.2) is 59.6 Å². The fraction of sp³-hybridized carbons (Fsp3) is 0.346. The van der Waals surface area contributed by atoms with Gasteiger partial charge < -0.3 is 15.5 Å². The van der Waals surface area contributed by atoms with Crippen molar-refractivity contribution < 1.29 is 18.6 Å². The van der Waals surface area contributed by atoms with Gasteiger partial charge in [0.1, 0.15) is 5.75 Å². The lowest BCUT2D eigenvalue weighted by Gasteiger charge is -2.21. The third-order valence-electron chi connectivity index (χ3n) is 4.88. The molecule has 0 atom stereocenters. The zero-order chi connectivity index (χ0) is 25.5. The number of benzene rings is 2. The monoisotopic (exact) mass is 485 g/mol. The summed E-state index contributed by atoms with van der Waals surface area (Å²) in [6.45, 7) is 11.2. The molecule has 0 radical (unpaired) electrons. The molecule has 0 amide bonds. The first-order chi connectivity index (χ1) is 16.0. The highest BCUT2D eigenvalue weighted by Gasteiger charge is 2.24. The van der Waals surface area contributed by atoms with Gasteiger partial charge in [0.2, 0.25) is 10.0 Å². The fourth-order valence-corrected chi connectivity index (χ4v) is 5.02. The van der Waals surface area contributed by atoms with E-state index >= 15 is 0 Å². The number of aromatic hydroxyl groups is 1. The van der Waals surface area contributed by atoms with Crippen LogP contribution in [0.5, 0.6) is 5.75 Å².